The highest BCUT2D eigenvalue weighted by atomic mass is 79.9. The summed E-state index contributed by atoms with van der Waals surface area (Å²) < 4.78 is 0.932. The van der Waals surface area contributed by atoms with E-state index in [1.165, 1.54) is 4.90 Å². The van der Waals surface area contributed by atoms with Crippen molar-refractivity contribution in [1.29, 1.82) is 0 Å². The lowest BCUT2D eigenvalue weighted by Gasteiger charge is -2.31. The van der Waals surface area contributed by atoms with Gasteiger partial charge >= 0.3 is 0 Å². The minimum atomic E-state index is 0.181. The molecule has 0 radical (unpaired) electrons. The van der Waals surface area contributed by atoms with Gasteiger partial charge in [-0.05, 0) is 42.5 Å². The lowest BCUT2D eigenvalue weighted by atomic mass is 9.99. The molecule has 0 aromatic heterocycles. The first-order chi connectivity index (χ1) is 10.1. The van der Waals surface area contributed by atoms with Crippen LogP contribution in [0.15, 0.2) is 32.7 Å². The molecule has 0 spiro atoms. The number of likely N-dealkylation sites (tertiary alicyclic amines) is 1. The summed E-state index contributed by atoms with van der Waals surface area (Å²) in [5.41, 5.74) is 0.932. The first kappa shape index (κ1) is 16.5. The van der Waals surface area contributed by atoms with Crippen LogP contribution in [0, 0.1) is 10.8 Å². The first-order valence-corrected chi connectivity index (χ1v) is 8.84. The van der Waals surface area contributed by atoms with Gasteiger partial charge in [-0.15, -0.1) is 11.8 Å². The van der Waals surface area contributed by atoms with Gasteiger partial charge in [0.15, 0.2) is 0 Å². The Balaban J connectivity index is 1.85. The third-order valence-corrected chi connectivity index (χ3v) is 5.80. The molecular weight excluding hydrogens is 352 g/mol. The van der Waals surface area contributed by atoms with Crippen molar-refractivity contribution in [2.24, 2.45) is 11.1 Å². The molecule has 1 aliphatic heterocycles. The van der Waals surface area contributed by atoms with Crippen LogP contribution in [0.3, 0.4) is 0 Å². The van der Waals surface area contributed by atoms with Gasteiger partial charge in [-0.2, -0.15) is 4.91 Å². The van der Waals surface area contributed by atoms with Crippen LogP contribution in [0.4, 0.5) is 0 Å². The van der Waals surface area contributed by atoms with Gasteiger partial charge in [-0.25, -0.2) is 0 Å². The number of piperidine rings is 1. The minimum absolute atomic E-state index is 0.181. The average Bonchev–Trinajstić information content (AvgIpc) is 2.48. The summed E-state index contributed by atoms with van der Waals surface area (Å²) in [6.07, 6.45) is 2.15. The number of carbonyl (C=O) groups is 1. The normalized spacial score (nSPS) is 16.0. The Bertz CT molecular complexity index is 516. The molecule has 1 amide bonds. The van der Waals surface area contributed by atoms with Crippen LogP contribution in [0.2, 0.25) is 0 Å². The topological polar surface area (TPSA) is 49.7 Å². The van der Waals surface area contributed by atoms with Gasteiger partial charge < -0.3 is 4.90 Å². The molecule has 1 aliphatic rings. The van der Waals surface area contributed by atoms with E-state index in [2.05, 4.69) is 27.2 Å². The number of hydrogen-bond donors (Lipinski definition) is 0. The summed E-state index contributed by atoms with van der Waals surface area (Å²) in [5.74, 6) is 1.89. The monoisotopic (exact) mass is 370 g/mol. The maximum atomic E-state index is 11.3. The molecular formula is C15H19BrN2O2S. The average molecular weight is 371 g/mol. The predicted molar refractivity (Wildman–Crippen MR) is 89.3 cm³/mol. The molecule has 2 rings (SSSR count). The maximum absolute atomic E-state index is 11.3. The zero-order valence-electron chi connectivity index (χ0n) is 12.0. The quantitative estimate of drug-likeness (QED) is 0.579. The number of amides is 1. The molecule has 1 fully saturated rings. The van der Waals surface area contributed by atoms with Crippen molar-refractivity contribution in [1.82, 2.24) is 4.90 Å². The Hall–Kier alpha value is -0.880. The second-order valence-corrected chi connectivity index (χ2v) is 7.25. The summed E-state index contributed by atoms with van der Waals surface area (Å²) in [4.78, 5) is 24.8. The number of halogens is 1. The largest absolute Gasteiger partial charge is 0.343 e. The van der Waals surface area contributed by atoms with E-state index in [0.29, 0.717) is 5.92 Å². The van der Waals surface area contributed by atoms with Crippen LogP contribution in [0.1, 0.15) is 25.3 Å². The number of nitrogens with zero attached hydrogens (tertiary/aromatic N) is 2. The zero-order chi connectivity index (χ0) is 15.2. The van der Waals surface area contributed by atoms with Gasteiger partial charge in [0, 0.05) is 35.1 Å². The van der Waals surface area contributed by atoms with Crippen LogP contribution in [0.5, 0.6) is 0 Å². The fourth-order valence-corrected chi connectivity index (χ4v) is 3.98. The summed E-state index contributed by atoms with van der Waals surface area (Å²) in [6.45, 7) is 3.59. The summed E-state index contributed by atoms with van der Waals surface area (Å²) >= 11 is 5.25. The minimum Gasteiger partial charge on any atom is -0.343 e. The zero-order valence-corrected chi connectivity index (χ0v) is 14.5. The molecule has 0 saturated carbocycles. The number of hydrogen-bond acceptors (Lipinski definition) is 4. The molecule has 21 heavy (non-hydrogen) atoms. The van der Waals surface area contributed by atoms with E-state index in [1.807, 2.05) is 28.8 Å². The fourth-order valence-electron chi connectivity index (χ4n) is 2.46. The second-order valence-electron chi connectivity index (χ2n) is 5.30. The molecule has 0 unspecified atom stereocenters. The highest BCUT2D eigenvalue weighted by Crippen LogP contribution is 2.29. The molecule has 1 aromatic carbocycles. The van der Waals surface area contributed by atoms with E-state index in [-0.39, 0.29) is 12.5 Å². The Labute approximate surface area is 137 Å². The molecule has 1 aromatic rings. The van der Waals surface area contributed by atoms with E-state index in [4.69, 9.17) is 0 Å². The lowest BCUT2D eigenvalue weighted by molar-refractivity contribution is -0.130. The Morgan fingerprint density at radius 3 is 2.76 bits per heavy atom. The third kappa shape index (κ3) is 4.81. The van der Waals surface area contributed by atoms with Gasteiger partial charge in [0.05, 0.1) is 0 Å². The van der Waals surface area contributed by atoms with Gasteiger partial charge in [0.1, 0.15) is 6.54 Å². The fraction of sp³-hybridized carbons (Fsp3) is 0.533. The van der Waals surface area contributed by atoms with Gasteiger partial charge in [-0.3, -0.25) is 4.79 Å². The van der Waals surface area contributed by atoms with Crippen molar-refractivity contribution in [2.45, 2.75) is 31.2 Å². The molecule has 0 aliphatic carbocycles. The maximum Gasteiger partial charge on any atom is 0.219 e. The number of thioether (sulfide) groups is 1. The van der Waals surface area contributed by atoms with Crippen LogP contribution < -0.4 is 0 Å². The van der Waals surface area contributed by atoms with E-state index in [9.17, 15) is 9.70 Å². The Morgan fingerprint density at radius 2 is 2.14 bits per heavy atom. The van der Waals surface area contributed by atoms with Crippen LogP contribution in [-0.2, 0) is 11.3 Å². The molecule has 6 heteroatoms. The van der Waals surface area contributed by atoms with E-state index in [1.54, 1.807) is 6.92 Å². The van der Waals surface area contributed by atoms with Gasteiger partial charge in [-0.1, -0.05) is 21.1 Å². The summed E-state index contributed by atoms with van der Waals surface area (Å²) in [6, 6.07) is 6.07. The number of rotatable bonds is 5. The standard InChI is InChI=1S/C15H19BrN2O2S/c1-11(19)18-6-4-12(5-7-18)10-21-14-2-3-15(16)13(8-14)9-17-20/h2-3,8,12H,4-7,9-10H2,1H3. The SMILES string of the molecule is CC(=O)N1CCC(CSc2ccc(Br)c(CN=O)c2)CC1. The van der Waals surface area contributed by atoms with Crippen molar-refractivity contribution >= 4 is 33.6 Å². The smallest absolute Gasteiger partial charge is 0.219 e. The van der Waals surface area contributed by atoms with Gasteiger partial charge in [0.25, 0.3) is 0 Å². The number of carbonyl (C=O) groups excluding carboxylic acids is 1. The highest BCUT2D eigenvalue weighted by Gasteiger charge is 2.20. The molecule has 0 bridgehead atoms. The van der Waals surface area contributed by atoms with Crippen molar-refractivity contribution in [3.8, 4) is 0 Å². The Kier molecular flexibility index (Phi) is 6.23. The van der Waals surface area contributed by atoms with E-state index in [0.717, 1.165) is 41.7 Å². The van der Waals surface area contributed by atoms with E-state index >= 15 is 0 Å². The molecule has 4 nitrogen and oxygen atoms in total. The molecule has 1 saturated heterocycles. The van der Waals surface area contributed by atoms with Crippen LogP contribution in [0.25, 0.3) is 0 Å². The Morgan fingerprint density at radius 1 is 1.43 bits per heavy atom. The third-order valence-electron chi connectivity index (χ3n) is 3.80. The highest BCUT2D eigenvalue weighted by molar-refractivity contribution is 9.10. The number of benzene rings is 1. The number of nitroso groups, excluding NO2 is 1. The summed E-state index contributed by atoms with van der Waals surface area (Å²) in [5, 5.41) is 2.96. The first-order valence-electron chi connectivity index (χ1n) is 7.06. The lowest BCUT2D eigenvalue weighted by Crippen LogP contribution is -2.37. The van der Waals surface area contributed by atoms with Gasteiger partial charge in [0.2, 0.25) is 5.91 Å². The van der Waals surface area contributed by atoms with Crippen molar-refractivity contribution in [3.63, 3.8) is 0 Å². The van der Waals surface area contributed by atoms with Crippen LogP contribution in [-0.4, -0.2) is 29.6 Å². The van der Waals surface area contributed by atoms with Crippen molar-refractivity contribution in [2.75, 3.05) is 18.8 Å². The van der Waals surface area contributed by atoms with Crippen molar-refractivity contribution in [3.05, 3.63) is 33.1 Å². The van der Waals surface area contributed by atoms with E-state index < -0.39 is 0 Å². The predicted octanol–water partition coefficient (Wildman–Crippen LogP) is 4.07. The molecule has 1 heterocycles. The second kappa shape index (κ2) is 7.94. The van der Waals surface area contributed by atoms with Crippen LogP contribution >= 0.6 is 27.7 Å². The molecule has 0 N–H and O–H groups in total. The summed E-state index contributed by atoms with van der Waals surface area (Å²) in [7, 11) is 0. The molecule has 0 atom stereocenters. The molecule has 114 valence electrons. The van der Waals surface area contributed by atoms with Crippen molar-refractivity contribution < 1.29 is 4.79 Å².